The minimum Gasteiger partial charge on any atom is -0.392 e. The first kappa shape index (κ1) is 22.0. The molecule has 0 radical (unpaired) electrons. The summed E-state index contributed by atoms with van der Waals surface area (Å²) in [5, 5.41) is 13.3. The molecule has 1 amide bonds. The average molecular weight is 396 g/mol. The molecule has 0 bridgehead atoms. The van der Waals surface area contributed by atoms with Crippen molar-refractivity contribution in [3.63, 3.8) is 0 Å². The minimum atomic E-state index is -0.388. The summed E-state index contributed by atoms with van der Waals surface area (Å²) in [6, 6.07) is 1.47. The Labute approximate surface area is 171 Å². The zero-order valence-corrected chi connectivity index (χ0v) is 17.9. The van der Waals surface area contributed by atoms with Crippen molar-refractivity contribution in [2.75, 3.05) is 32.8 Å². The number of ether oxygens (including phenoxy) is 1. The first-order valence-electron chi connectivity index (χ1n) is 11.6. The SMILES string of the molecule is CC(C)N(CCCNC(=O)[C@@H]1C[C@@H](O)CN1C1CCOCC1)C1CCCCC1. The van der Waals surface area contributed by atoms with Gasteiger partial charge in [-0.2, -0.15) is 0 Å². The second-order valence-electron chi connectivity index (χ2n) is 9.21. The van der Waals surface area contributed by atoms with Crippen LogP contribution < -0.4 is 5.32 Å². The highest BCUT2D eigenvalue weighted by molar-refractivity contribution is 5.82. The fourth-order valence-corrected chi connectivity index (χ4v) is 5.38. The van der Waals surface area contributed by atoms with Crippen LogP contribution in [-0.2, 0) is 9.53 Å². The van der Waals surface area contributed by atoms with Crippen molar-refractivity contribution >= 4 is 5.91 Å². The maximum atomic E-state index is 12.8. The van der Waals surface area contributed by atoms with E-state index in [9.17, 15) is 9.90 Å². The van der Waals surface area contributed by atoms with E-state index < -0.39 is 0 Å². The number of aliphatic hydroxyl groups is 1. The number of amides is 1. The fourth-order valence-electron chi connectivity index (χ4n) is 5.38. The molecule has 162 valence electrons. The Balaban J connectivity index is 1.43. The van der Waals surface area contributed by atoms with E-state index in [1.165, 1.54) is 32.1 Å². The van der Waals surface area contributed by atoms with Gasteiger partial charge in [-0.1, -0.05) is 19.3 Å². The van der Waals surface area contributed by atoms with E-state index in [1.54, 1.807) is 0 Å². The quantitative estimate of drug-likeness (QED) is 0.617. The molecule has 0 spiro atoms. The molecule has 3 aliphatic rings. The van der Waals surface area contributed by atoms with Gasteiger partial charge in [-0.25, -0.2) is 0 Å². The number of rotatable bonds is 8. The maximum absolute atomic E-state index is 12.8. The lowest BCUT2D eigenvalue weighted by Crippen LogP contribution is -2.49. The highest BCUT2D eigenvalue weighted by atomic mass is 16.5. The molecule has 2 atom stereocenters. The predicted molar refractivity (Wildman–Crippen MR) is 111 cm³/mol. The van der Waals surface area contributed by atoms with Crippen molar-refractivity contribution in [3.05, 3.63) is 0 Å². The van der Waals surface area contributed by atoms with Gasteiger partial charge in [0.1, 0.15) is 0 Å². The fraction of sp³-hybridized carbons (Fsp3) is 0.955. The first-order valence-corrected chi connectivity index (χ1v) is 11.6. The summed E-state index contributed by atoms with van der Waals surface area (Å²) in [5.41, 5.74) is 0. The number of carbonyl (C=O) groups is 1. The molecule has 1 aliphatic carbocycles. The summed E-state index contributed by atoms with van der Waals surface area (Å²) in [4.78, 5) is 17.7. The molecule has 28 heavy (non-hydrogen) atoms. The minimum absolute atomic E-state index is 0.0943. The van der Waals surface area contributed by atoms with Gasteiger partial charge in [0.15, 0.2) is 0 Å². The summed E-state index contributed by atoms with van der Waals surface area (Å²) in [6.07, 6.45) is 9.83. The van der Waals surface area contributed by atoms with E-state index in [2.05, 4.69) is 29.0 Å². The Morgan fingerprint density at radius 3 is 2.57 bits per heavy atom. The van der Waals surface area contributed by atoms with Crippen LogP contribution in [0.2, 0.25) is 0 Å². The highest BCUT2D eigenvalue weighted by Gasteiger charge is 2.40. The Kier molecular flexibility index (Phi) is 8.57. The number of hydrogen-bond acceptors (Lipinski definition) is 5. The van der Waals surface area contributed by atoms with Crippen LogP contribution in [0.3, 0.4) is 0 Å². The van der Waals surface area contributed by atoms with Gasteiger partial charge in [-0.15, -0.1) is 0 Å². The number of likely N-dealkylation sites (tertiary alicyclic amines) is 1. The summed E-state index contributed by atoms with van der Waals surface area (Å²) < 4.78 is 5.46. The molecule has 0 aromatic rings. The zero-order chi connectivity index (χ0) is 19.9. The average Bonchev–Trinajstić information content (AvgIpc) is 3.10. The third-order valence-electron chi connectivity index (χ3n) is 6.88. The van der Waals surface area contributed by atoms with Crippen molar-refractivity contribution in [2.24, 2.45) is 0 Å². The Morgan fingerprint density at radius 1 is 1.18 bits per heavy atom. The molecule has 3 rings (SSSR count). The van der Waals surface area contributed by atoms with Gasteiger partial charge in [0.25, 0.3) is 0 Å². The largest absolute Gasteiger partial charge is 0.392 e. The number of β-amino-alcohol motifs (C(OH)–C–C–N with tert-alkyl or cyclic N) is 1. The van der Waals surface area contributed by atoms with Crippen LogP contribution in [0.25, 0.3) is 0 Å². The van der Waals surface area contributed by atoms with Crippen molar-refractivity contribution in [1.29, 1.82) is 0 Å². The third-order valence-corrected chi connectivity index (χ3v) is 6.88. The topological polar surface area (TPSA) is 65.0 Å². The van der Waals surface area contributed by atoms with Gasteiger partial charge < -0.3 is 15.2 Å². The first-order chi connectivity index (χ1) is 13.6. The van der Waals surface area contributed by atoms with E-state index in [-0.39, 0.29) is 18.1 Å². The molecular weight excluding hydrogens is 354 g/mol. The molecule has 0 unspecified atom stereocenters. The smallest absolute Gasteiger partial charge is 0.237 e. The van der Waals surface area contributed by atoms with Gasteiger partial charge in [-0.05, 0) is 52.4 Å². The van der Waals surface area contributed by atoms with Gasteiger partial charge in [0.2, 0.25) is 5.91 Å². The predicted octanol–water partition coefficient (Wildman–Crippen LogP) is 2.15. The molecule has 0 aromatic heterocycles. The lowest BCUT2D eigenvalue weighted by atomic mass is 9.93. The lowest BCUT2D eigenvalue weighted by molar-refractivity contribution is -0.127. The van der Waals surface area contributed by atoms with E-state index >= 15 is 0 Å². The summed E-state index contributed by atoms with van der Waals surface area (Å²) >= 11 is 0. The molecule has 3 fully saturated rings. The Morgan fingerprint density at radius 2 is 1.89 bits per heavy atom. The molecule has 2 saturated heterocycles. The lowest BCUT2D eigenvalue weighted by Gasteiger charge is -2.37. The van der Waals surface area contributed by atoms with Crippen LogP contribution in [0.15, 0.2) is 0 Å². The molecule has 2 heterocycles. The van der Waals surface area contributed by atoms with Crippen LogP contribution >= 0.6 is 0 Å². The Bertz CT molecular complexity index is 476. The molecule has 6 heteroatoms. The van der Waals surface area contributed by atoms with Gasteiger partial charge in [0, 0.05) is 51.0 Å². The number of hydrogen-bond donors (Lipinski definition) is 2. The summed E-state index contributed by atoms with van der Waals surface area (Å²) in [7, 11) is 0. The Hall–Kier alpha value is -0.690. The molecule has 1 saturated carbocycles. The third kappa shape index (κ3) is 5.91. The van der Waals surface area contributed by atoms with Crippen molar-refractivity contribution in [3.8, 4) is 0 Å². The maximum Gasteiger partial charge on any atom is 0.237 e. The van der Waals surface area contributed by atoms with E-state index in [4.69, 9.17) is 4.74 Å². The van der Waals surface area contributed by atoms with Crippen LogP contribution in [0.5, 0.6) is 0 Å². The normalized spacial score (nSPS) is 28.3. The van der Waals surface area contributed by atoms with Gasteiger partial charge in [-0.3, -0.25) is 14.6 Å². The zero-order valence-electron chi connectivity index (χ0n) is 17.9. The van der Waals surface area contributed by atoms with E-state index in [0.29, 0.717) is 25.0 Å². The number of aliphatic hydroxyl groups excluding tert-OH is 1. The molecule has 0 aromatic carbocycles. The van der Waals surface area contributed by atoms with Crippen molar-refractivity contribution in [2.45, 2.75) is 102 Å². The van der Waals surface area contributed by atoms with E-state index in [1.807, 2.05) is 0 Å². The van der Waals surface area contributed by atoms with Crippen LogP contribution in [0.4, 0.5) is 0 Å². The number of carbonyl (C=O) groups excluding carboxylic acids is 1. The van der Waals surface area contributed by atoms with Gasteiger partial charge in [0.05, 0.1) is 12.1 Å². The highest BCUT2D eigenvalue weighted by Crippen LogP contribution is 2.26. The molecule has 2 N–H and O–H groups in total. The van der Waals surface area contributed by atoms with Crippen LogP contribution in [0, 0.1) is 0 Å². The second kappa shape index (κ2) is 10.9. The summed E-state index contributed by atoms with van der Waals surface area (Å²) in [5.74, 6) is 0.0943. The van der Waals surface area contributed by atoms with Gasteiger partial charge >= 0.3 is 0 Å². The number of nitrogens with zero attached hydrogens (tertiary/aromatic N) is 2. The number of nitrogens with one attached hydrogen (secondary N) is 1. The molecule has 2 aliphatic heterocycles. The van der Waals surface area contributed by atoms with Crippen molar-refractivity contribution in [1.82, 2.24) is 15.1 Å². The molecule has 6 nitrogen and oxygen atoms in total. The van der Waals surface area contributed by atoms with E-state index in [0.717, 1.165) is 51.6 Å². The van der Waals surface area contributed by atoms with Crippen molar-refractivity contribution < 1.29 is 14.6 Å². The molecular formula is C22H41N3O3. The second-order valence-corrected chi connectivity index (χ2v) is 9.21. The summed E-state index contributed by atoms with van der Waals surface area (Å²) in [6.45, 7) is 8.50. The monoisotopic (exact) mass is 395 g/mol. The van der Waals surface area contributed by atoms with Crippen LogP contribution in [-0.4, -0.2) is 83.9 Å². The van der Waals surface area contributed by atoms with Crippen LogP contribution in [0.1, 0.15) is 71.6 Å². The standard InChI is InChI=1S/C22H41N3O3/c1-17(2)24(18-7-4-3-5-8-18)12-6-11-23-22(27)21-15-20(26)16-25(21)19-9-13-28-14-10-19/h17-21,26H,3-16H2,1-2H3,(H,23,27)/t20-,21+/m1/s1.